The zero-order chi connectivity index (χ0) is 57.8. The van der Waals surface area contributed by atoms with Gasteiger partial charge in [-0.05, 0) is 120 Å². The van der Waals surface area contributed by atoms with E-state index in [1.165, 1.54) is 94.1 Å². The number of halogens is 3. The van der Waals surface area contributed by atoms with Crippen LogP contribution in [0.2, 0.25) is 15.9 Å². The van der Waals surface area contributed by atoms with Crippen molar-refractivity contribution >= 4 is 34.8 Å². The van der Waals surface area contributed by atoms with Crippen LogP contribution >= 0.6 is 34.8 Å². The van der Waals surface area contributed by atoms with E-state index in [1.54, 1.807) is 42.5 Å². The van der Waals surface area contributed by atoms with E-state index in [9.17, 15) is 46.0 Å². The number of phenols is 11. The maximum atomic E-state index is 10.5. The number of rotatable bonds is 9. The van der Waals surface area contributed by atoms with E-state index < -0.39 is 0 Å². The fraction of sp³-hybridized carbons (Fsp3) is 0.0556. The molecule has 26 heteroatoms. The number of hydrogen-bond donors (Lipinski definition) is 11. The van der Waals surface area contributed by atoms with Crippen LogP contribution < -0.4 is 14.2 Å². The monoisotopic (exact) mass is 1150 g/mol. The van der Waals surface area contributed by atoms with Gasteiger partial charge in [0.15, 0.2) is 34.9 Å². The molecule has 408 valence electrons. The first-order valence-electron chi connectivity index (χ1n) is 22.6. The maximum Gasteiger partial charge on any atom is 0.227 e. The van der Waals surface area contributed by atoms with Gasteiger partial charge in [0, 0.05) is 42.5 Å². The number of ether oxygens (including phenoxy) is 3. The molecule has 0 unspecified atom stereocenters. The minimum absolute atomic E-state index is 0.000000000000000444. The number of benzene rings is 7. The smallest absolute Gasteiger partial charge is 0.227 e. The number of aromatic hydroxyl groups is 11. The van der Waals surface area contributed by atoms with Gasteiger partial charge in [0.2, 0.25) is 15.9 Å². The SMILES string of the molecule is COc1ccc(-c2nc(-c3ccc(OC)cc3O)nc(-c3ccc(OC)cc3O)n2)c(O)c1.Clc1nc(Cl)nc(Cl)n1.Oc1ccc(-c2nc(-c3ccc(O)cc3O)nc(-c3ccc(O)cc3O)n2)c(O)c1.Oc1cccc(O)c1. The molecule has 0 bridgehead atoms. The number of hydrogen-bond acceptors (Lipinski definition) is 23. The van der Waals surface area contributed by atoms with Gasteiger partial charge in [0.1, 0.15) is 80.5 Å². The van der Waals surface area contributed by atoms with Crippen LogP contribution in [0.5, 0.6) is 80.5 Å². The molecule has 0 saturated heterocycles. The molecule has 0 aliphatic carbocycles. The molecule has 3 aromatic heterocycles. The molecule has 0 radical (unpaired) electrons. The topological polar surface area (TPSA) is 366 Å². The van der Waals surface area contributed by atoms with E-state index in [-0.39, 0.29) is 131 Å². The van der Waals surface area contributed by atoms with Crippen molar-refractivity contribution in [2.24, 2.45) is 0 Å². The largest absolute Gasteiger partial charge is 0.508 e. The van der Waals surface area contributed by atoms with Crippen molar-refractivity contribution < 1.29 is 70.4 Å². The van der Waals surface area contributed by atoms with Gasteiger partial charge in [-0.15, -0.1) is 0 Å². The van der Waals surface area contributed by atoms with E-state index in [0.717, 1.165) is 18.2 Å². The number of nitrogens with zero attached hydrogens (tertiary/aromatic N) is 9. The van der Waals surface area contributed by atoms with E-state index in [1.807, 2.05) is 0 Å². The average molecular weight is 1150 g/mol. The van der Waals surface area contributed by atoms with Crippen molar-refractivity contribution in [3.05, 3.63) is 149 Å². The summed E-state index contributed by atoms with van der Waals surface area (Å²) < 4.78 is 15.4. The van der Waals surface area contributed by atoms with Gasteiger partial charge in [-0.2, -0.15) is 15.0 Å². The highest BCUT2D eigenvalue weighted by molar-refractivity contribution is 6.33. The quantitative estimate of drug-likeness (QED) is 0.0640. The number of aromatic nitrogens is 9. The first kappa shape index (κ1) is 57.3. The molecule has 0 fully saturated rings. The second-order valence-electron chi connectivity index (χ2n) is 16.0. The van der Waals surface area contributed by atoms with Gasteiger partial charge < -0.3 is 70.4 Å². The summed E-state index contributed by atoms with van der Waals surface area (Å²) >= 11 is 16.0. The third-order valence-corrected chi connectivity index (χ3v) is 11.2. The van der Waals surface area contributed by atoms with Gasteiger partial charge in [0.25, 0.3) is 0 Å². The summed E-state index contributed by atoms with van der Waals surface area (Å²) in [5, 5.41) is 108. The Bertz CT molecular complexity index is 3460. The Morgan fingerprint density at radius 2 is 0.475 bits per heavy atom. The summed E-state index contributed by atoms with van der Waals surface area (Å²) in [5.74, 6) is 0.373. The van der Waals surface area contributed by atoms with Crippen LogP contribution in [0.3, 0.4) is 0 Å². The lowest BCUT2D eigenvalue weighted by Crippen LogP contribution is -2.01. The summed E-state index contributed by atoms with van der Waals surface area (Å²) in [7, 11) is 4.48. The van der Waals surface area contributed by atoms with Crippen molar-refractivity contribution in [1.29, 1.82) is 0 Å². The molecule has 0 spiro atoms. The van der Waals surface area contributed by atoms with Gasteiger partial charge in [0.05, 0.1) is 54.7 Å². The zero-order valence-corrected chi connectivity index (χ0v) is 43.8. The minimum atomic E-state index is -0.289. The van der Waals surface area contributed by atoms with Gasteiger partial charge in [-0.25, -0.2) is 29.9 Å². The zero-order valence-electron chi connectivity index (χ0n) is 41.5. The van der Waals surface area contributed by atoms with Crippen LogP contribution in [0.4, 0.5) is 0 Å². The molecule has 0 aliphatic heterocycles. The molecule has 10 aromatic rings. The molecule has 0 amide bonds. The van der Waals surface area contributed by atoms with Crippen molar-refractivity contribution in [3.63, 3.8) is 0 Å². The van der Waals surface area contributed by atoms with Gasteiger partial charge in [-0.3, -0.25) is 0 Å². The van der Waals surface area contributed by atoms with E-state index in [4.69, 9.17) is 59.2 Å². The number of phenolic OH excluding ortho intramolecular Hbond substituents is 11. The van der Waals surface area contributed by atoms with Crippen molar-refractivity contribution in [3.8, 4) is 149 Å². The third kappa shape index (κ3) is 14.6. The Morgan fingerprint density at radius 1 is 0.263 bits per heavy atom. The van der Waals surface area contributed by atoms with E-state index in [0.29, 0.717) is 33.9 Å². The van der Waals surface area contributed by atoms with Crippen LogP contribution in [0.15, 0.2) is 133 Å². The molecular formula is C54H42Cl3N9O14. The Labute approximate surface area is 467 Å². The molecule has 10 rings (SSSR count). The molecule has 3 heterocycles. The first-order valence-corrected chi connectivity index (χ1v) is 23.8. The van der Waals surface area contributed by atoms with E-state index in [2.05, 4.69) is 44.9 Å². The summed E-state index contributed by atoms with van der Waals surface area (Å²) in [4.78, 5) is 36.6. The molecule has 23 nitrogen and oxygen atoms in total. The highest BCUT2D eigenvalue weighted by Gasteiger charge is 2.21. The Kier molecular flexibility index (Phi) is 18.4. The molecule has 0 aliphatic rings. The predicted octanol–water partition coefficient (Wildman–Crippen LogP) is 10.1. The maximum absolute atomic E-state index is 10.5. The van der Waals surface area contributed by atoms with Gasteiger partial charge >= 0.3 is 0 Å². The van der Waals surface area contributed by atoms with Crippen LogP contribution in [0.1, 0.15) is 0 Å². The molecular weight excluding hydrogens is 1110 g/mol. The molecule has 7 aromatic carbocycles. The summed E-state index contributed by atoms with van der Waals surface area (Å²) in [6, 6.07) is 31.6. The second kappa shape index (κ2) is 25.7. The van der Waals surface area contributed by atoms with Crippen LogP contribution in [0.25, 0.3) is 68.3 Å². The Hall–Kier alpha value is -10.4. The predicted molar refractivity (Wildman–Crippen MR) is 292 cm³/mol. The fourth-order valence-electron chi connectivity index (χ4n) is 6.88. The normalized spacial score (nSPS) is 10.4. The van der Waals surface area contributed by atoms with E-state index >= 15 is 0 Å². The fourth-order valence-corrected chi connectivity index (χ4v) is 7.49. The van der Waals surface area contributed by atoms with Crippen molar-refractivity contribution in [2.75, 3.05) is 21.3 Å². The second-order valence-corrected chi connectivity index (χ2v) is 17.0. The third-order valence-electron chi connectivity index (χ3n) is 10.7. The first-order chi connectivity index (χ1) is 38.2. The lowest BCUT2D eigenvalue weighted by atomic mass is 10.1. The molecule has 11 N–H and O–H groups in total. The number of methoxy groups -OCH3 is 3. The highest BCUT2D eigenvalue weighted by atomic mass is 35.5. The standard InChI is InChI=1S/C24H21N3O6.C21H15N3O6.C6H6O2.C3Cl3N3/c1-31-13-4-7-16(19(28)10-13)22-25-23(17-8-5-14(32-2)11-20(17)29)27-24(26-22)18-9-6-15(33-3)12-21(18)30;25-10-1-4-13(16(28)7-10)19-22-20(14-5-2-11(26)8-17(14)29)24-21(23-19)15-6-3-12(27)9-18(15)30;7-5-2-1-3-6(8)4-5;4-1-7-2(5)9-3(6)8-1/h4-12,28-30H,1-3H3;1-9,25-30H;1-4,7-8H;. The minimum Gasteiger partial charge on any atom is -0.508 e. The summed E-state index contributed by atoms with van der Waals surface area (Å²) in [5.41, 5.74) is 1.49. The molecule has 0 atom stereocenters. The van der Waals surface area contributed by atoms with Crippen LogP contribution in [-0.2, 0) is 0 Å². The summed E-state index contributed by atoms with van der Waals surface area (Å²) in [6.45, 7) is 0. The lowest BCUT2D eigenvalue weighted by Gasteiger charge is -2.12. The Balaban J connectivity index is 0.000000179. The van der Waals surface area contributed by atoms with Crippen molar-refractivity contribution in [2.45, 2.75) is 0 Å². The summed E-state index contributed by atoms with van der Waals surface area (Å²) in [6.07, 6.45) is 0. The van der Waals surface area contributed by atoms with Gasteiger partial charge in [-0.1, -0.05) is 6.07 Å². The highest BCUT2D eigenvalue weighted by Crippen LogP contribution is 2.40. The lowest BCUT2D eigenvalue weighted by molar-refractivity contribution is 0.408. The Morgan fingerprint density at radius 3 is 0.662 bits per heavy atom. The van der Waals surface area contributed by atoms with Crippen LogP contribution in [-0.4, -0.2) is 122 Å². The van der Waals surface area contributed by atoms with Crippen molar-refractivity contribution in [1.82, 2.24) is 44.9 Å². The average Bonchev–Trinajstić information content (AvgIpc) is 3.46. The molecule has 80 heavy (non-hydrogen) atoms. The molecule has 0 saturated carbocycles. The van der Waals surface area contributed by atoms with Crippen LogP contribution in [0, 0.1) is 0 Å².